The summed E-state index contributed by atoms with van der Waals surface area (Å²) in [5.41, 5.74) is 0.236. The number of carbonyl (C=O) groups is 1. The summed E-state index contributed by atoms with van der Waals surface area (Å²) in [4.78, 5) is 41.3. The van der Waals surface area contributed by atoms with E-state index < -0.39 is 0 Å². The number of benzene rings is 1. The number of nitrogens with one attached hydrogen (secondary N) is 1. The molecule has 9 heteroatoms. The molecule has 0 radical (unpaired) electrons. The number of hydrogen-bond acceptors (Lipinski definition) is 6. The van der Waals surface area contributed by atoms with Crippen LogP contribution in [0.1, 0.15) is 17.9 Å². The maximum Gasteiger partial charge on any atom is 0.273 e. The van der Waals surface area contributed by atoms with E-state index in [0.717, 1.165) is 24.5 Å². The molecule has 1 aromatic carbocycles. The van der Waals surface area contributed by atoms with Crippen LogP contribution >= 0.6 is 0 Å². The lowest BCUT2D eigenvalue weighted by molar-refractivity contribution is -0.133. The maximum absolute atomic E-state index is 12.6. The Morgan fingerprint density at radius 3 is 2.55 bits per heavy atom. The third-order valence-corrected chi connectivity index (χ3v) is 5.21. The number of piperazine rings is 1. The van der Waals surface area contributed by atoms with Gasteiger partial charge in [-0.3, -0.25) is 24.4 Å². The number of nitrogens with zero attached hydrogens (tertiary/aromatic N) is 4. The van der Waals surface area contributed by atoms with Crippen LogP contribution in [0.25, 0.3) is 10.8 Å². The molecule has 0 bridgehead atoms. The van der Waals surface area contributed by atoms with E-state index in [-0.39, 0.29) is 30.0 Å². The largest absolute Gasteiger partial charge is 0.360 e. The Hall–Kier alpha value is -3.20. The van der Waals surface area contributed by atoms with Gasteiger partial charge in [0.25, 0.3) is 11.1 Å². The molecule has 29 heavy (non-hydrogen) atoms. The van der Waals surface area contributed by atoms with E-state index in [9.17, 15) is 14.4 Å². The molecule has 0 atom stereocenters. The average Bonchev–Trinajstić information content (AvgIpc) is 3.14. The summed E-state index contributed by atoms with van der Waals surface area (Å²) < 4.78 is 6.47. The Bertz CT molecular complexity index is 1140. The monoisotopic (exact) mass is 397 g/mol. The van der Waals surface area contributed by atoms with E-state index in [2.05, 4.69) is 15.2 Å². The van der Waals surface area contributed by atoms with Crippen molar-refractivity contribution in [2.45, 2.75) is 26.4 Å². The molecular formula is C20H23N5O4. The Morgan fingerprint density at radius 1 is 1.14 bits per heavy atom. The van der Waals surface area contributed by atoms with E-state index in [1.54, 1.807) is 29.2 Å². The van der Waals surface area contributed by atoms with Crippen molar-refractivity contribution in [3.63, 3.8) is 0 Å². The molecule has 3 aromatic rings. The number of hydrogen-bond donors (Lipinski definition) is 1. The Kier molecular flexibility index (Phi) is 5.30. The van der Waals surface area contributed by atoms with Crippen LogP contribution < -0.4 is 11.1 Å². The highest BCUT2D eigenvalue weighted by Gasteiger charge is 2.22. The highest BCUT2D eigenvalue weighted by Crippen LogP contribution is 2.11. The van der Waals surface area contributed by atoms with Crippen LogP contribution in [0.4, 0.5) is 0 Å². The molecule has 0 saturated carbocycles. The number of H-pyrrole nitrogens is 1. The molecule has 9 nitrogen and oxygen atoms in total. The summed E-state index contributed by atoms with van der Waals surface area (Å²) >= 11 is 0. The van der Waals surface area contributed by atoms with Gasteiger partial charge in [-0.1, -0.05) is 17.3 Å². The van der Waals surface area contributed by atoms with E-state index >= 15 is 0 Å². The molecule has 3 heterocycles. The standard InChI is InChI=1S/C20H23N5O4/c1-14-12-15(29-22-14)13-23-8-10-24(11-9-23)18(26)6-7-25-20(28)17-5-3-2-4-16(17)19(27)21-25/h2-5,12H,6-11,13H2,1H3,(H,21,27). The molecule has 2 aromatic heterocycles. The van der Waals surface area contributed by atoms with Crippen LogP contribution in [0.3, 0.4) is 0 Å². The Balaban J connectivity index is 1.34. The minimum absolute atomic E-state index is 0.0268. The Labute approximate surface area is 166 Å². The molecule has 0 unspecified atom stereocenters. The molecule has 1 amide bonds. The number of aromatic amines is 1. The highest BCUT2D eigenvalue weighted by atomic mass is 16.5. The fourth-order valence-corrected chi connectivity index (χ4v) is 3.64. The zero-order valence-corrected chi connectivity index (χ0v) is 16.3. The van der Waals surface area contributed by atoms with Gasteiger partial charge in [0, 0.05) is 38.7 Å². The van der Waals surface area contributed by atoms with Crippen molar-refractivity contribution in [3.8, 4) is 0 Å². The van der Waals surface area contributed by atoms with Crippen molar-refractivity contribution in [3.05, 3.63) is 62.5 Å². The van der Waals surface area contributed by atoms with Crippen LogP contribution in [0.5, 0.6) is 0 Å². The topological polar surface area (TPSA) is 104 Å². The van der Waals surface area contributed by atoms with Gasteiger partial charge in [-0.2, -0.15) is 0 Å². The number of rotatable bonds is 5. The second-order valence-electron chi connectivity index (χ2n) is 7.28. The fraction of sp³-hybridized carbons (Fsp3) is 0.400. The van der Waals surface area contributed by atoms with Crippen molar-refractivity contribution >= 4 is 16.7 Å². The minimum atomic E-state index is -0.330. The van der Waals surface area contributed by atoms with Crippen LogP contribution in [0.2, 0.25) is 0 Å². The highest BCUT2D eigenvalue weighted by molar-refractivity contribution is 5.80. The average molecular weight is 397 g/mol. The third-order valence-electron chi connectivity index (χ3n) is 5.21. The number of carbonyl (C=O) groups excluding carboxylic acids is 1. The van der Waals surface area contributed by atoms with E-state index in [0.29, 0.717) is 30.4 Å². The maximum atomic E-state index is 12.6. The van der Waals surface area contributed by atoms with Crippen LogP contribution in [-0.2, 0) is 17.9 Å². The van der Waals surface area contributed by atoms with Crippen LogP contribution in [0.15, 0.2) is 44.4 Å². The molecule has 1 fully saturated rings. The molecule has 1 N–H and O–H groups in total. The van der Waals surface area contributed by atoms with Gasteiger partial charge in [0.05, 0.1) is 29.6 Å². The molecule has 4 rings (SSSR count). The normalized spacial score (nSPS) is 15.1. The predicted molar refractivity (Wildman–Crippen MR) is 107 cm³/mol. The number of aromatic nitrogens is 3. The lowest BCUT2D eigenvalue weighted by Crippen LogP contribution is -2.48. The molecular weight excluding hydrogens is 374 g/mol. The minimum Gasteiger partial charge on any atom is -0.360 e. The van der Waals surface area contributed by atoms with Gasteiger partial charge in [-0.05, 0) is 19.1 Å². The zero-order valence-electron chi connectivity index (χ0n) is 16.3. The smallest absolute Gasteiger partial charge is 0.273 e. The van der Waals surface area contributed by atoms with Crippen molar-refractivity contribution in [2.24, 2.45) is 0 Å². The van der Waals surface area contributed by atoms with Gasteiger partial charge in [-0.25, -0.2) is 4.68 Å². The first-order valence-electron chi connectivity index (χ1n) is 9.65. The van der Waals surface area contributed by atoms with Gasteiger partial charge in [0.15, 0.2) is 5.76 Å². The lowest BCUT2D eigenvalue weighted by Gasteiger charge is -2.34. The first-order valence-corrected chi connectivity index (χ1v) is 9.65. The summed E-state index contributed by atoms with van der Waals surface area (Å²) in [5.74, 6) is 0.794. The van der Waals surface area contributed by atoms with E-state index in [1.165, 1.54) is 4.68 Å². The first kappa shape index (κ1) is 19.1. The molecule has 0 spiro atoms. The second-order valence-corrected chi connectivity index (χ2v) is 7.28. The second kappa shape index (κ2) is 8.04. The van der Waals surface area contributed by atoms with Crippen molar-refractivity contribution in [1.82, 2.24) is 24.7 Å². The number of aryl methyl sites for hydroxylation is 2. The summed E-state index contributed by atoms with van der Waals surface area (Å²) in [6, 6.07) is 8.59. The molecule has 0 aliphatic carbocycles. The summed E-state index contributed by atoms with van der Waals surface area (Å²) in [5, 5.41) is 7.18. The van der Waals surface area contributed by atoms with Crippen molar-refractivity contribution < 1.29 is 9.32 Å². The van der Waals surface area contributed by atoms with Gasteiger partial charge in [0.1, 0.15) is 0 Å². The van der Waals surface area contributed by atoms with Crippen molar-refractivity contribution in [2.75, 3.05) is 26.2 Å². The lowest BCUT2D eigenvalue weighted by atomic mass is 10.2. The molecule has 1 saturated heterocycles. The summed E-state index contributed by atoms with van der Waals surface area (Å²) in [7, 11) is 0. The van der Waals surface area contributed by atoms with Gasteiger partial charge in [-0.15, -0.1) is 0 Å². The molecule has 152 valence electrons. The molecule has 1 aliphatic rings. The number of amides is 1. The van der Waals surface area contributed by atoms with Gasteiger partial charge in [0.2, 0.25) is 5.91 Å². The van der Waals surface area contributed by atoms with Crippen LogP contribution in [0, 0.1) is 6.92 Å². The quantitative estimate of drug-likeness (QED) is 0.680. The number of fused-ring (bicyclic) bond motifs is 1. The fourth-order valence-electron chi connectivity index (χ4n) is 3.64. The summed E-state index contributed by atoms with van der Waals surface area (Å²) in [6.45, 7) is 5.45. The van der Waals surface area contributed by atoms with Crippen molar-refractivity contribution in [1.29, 1.82) is 0 Å². The van der Waals surface area contributed by atoms with Gasteiger partial charge < -0.3 is 9.42 Å². The van der Waals surface area contributed by atoms with Gasteiger partial charge >= 0.3 is 0 Å². The van der Waals surface area contributed by atoms with Crippen LogP contribution in [-0.4, -0.2) is 56.8 Å². The Morgan fingerprint density at radius 2 is 1.86 bits per heavy atom. The first-order chi connectivity index (χ1) is 14.0. The zero-order chi connectivity index (χ0) is 20.4. The molecule has 1 aliphatic heterocycles. The predicted octanol–water partition coefficient (Wildman–Crippen LogP) is 0.721. The third kappa shape index (κ3) is 4.14. The summed E-state index contributed by atoms with van der Waals surface area (Å²) in [6.07, 6.45) is 0.162. The SMILES string of the molecule is Cc1cc(CN2CCN(C(=O)CCn3[nH]c(=O)c4ccccc4c3=O)CC2)on1. The van der Waals surface area contributed by atoms with E-state index in [4.69, 9.17) is 4.52 Å². The van der Waals surface area contributed by atoms with E-state index in [1.807, 2.05) is 13.0 Å².